The Morgan fingerprint density at radius 1 is 1.19 bits per heavy atom. The third kappa shape index (κ3) is 4.35. The van der Waals surface area contributed by atoms with Crippen molar-refractivity contribution < 1.29 is 0 Å². The van der Waals surface area contributed by atoms with E-state index in [2.05, 4.69) is 29.7 Å². The molecule has 0 aliphatic carbocycles. The smallest absolute Gasteiger partial charge is 0.0642 e. The van der Waals surface area contributed by atoms with Crippen molar-refractivity contribution in [3.05, 3.63) is 28.8 Å². The second-order valence-electron chi connectivity index (χ2n) is 5.95. The number of anilines is 1. The quantitative estimate of drug-likeness (QED) is 0.876. The predicted molar refractivity (Wildman–Crippen MR) is 92.4 cm³/mol. The molecule has 3 nitrogen and oxygen atoms in total. The van der Waals surface area contributed by atoms with Gasteiger partial charge >= 0.3 is 0 Å². The summed E-state index contributed by atoms with van der Waals surface area (Å²) < 4.78 is 0. The van der Waals surface area contributed by atoms with Crippen molar-refractivity contribution >= 4 is 17.3 Å². The van der Waals surface area contributed by atoms with Crippen molar-refractivity contribution in [2.24, 2.45) is 5.73 Å². The summed E-state index contributed by atoms with van der Waals surface area (Å²) in [7, 11) is 0. The molecule has 1 aromatic carbocycles. The van der Waals surface area contributed by atoms with Gasteiger partial charge in [0.15, 0.2) is 0 Å². The molecule has 2 rings (SSSR count). The second kappa shape index (κ2) is 8.02. The zero-order valence-electron chi connectivity index (χ0n) is 13.3. The van der Waals surface area contributed by atoms with Crippen LogP contribution in [0.25, 0.3) is 0 Å². The van der Waals surface area contributed by atoms with Gasteiger partial charge in [0, 0.05) is 32.2 Å². The van der Waals surface area contributed by atoms with Crippen molar-refractivity contribution in [3.8, 4) is 0 Å². The fourth-order valence-electron chi connectivity index (χ4n) is 3.02. The van der Waals surface area contributed by atoms with E-state index >= 15 is 0 Å². The average molecular weight is 310 g/mol. The lowest BCUT2D eigenvalue weighted by molar-refractivity contribution is 0.258. The van der Waals surface area contributed by atoms with Crippen LogP contribution in [0.3, 0.4) is 0 Å². The Labute approximate surface area is 134 Å². The predicted octanol–water partition coefficient (Wildman–Crippen LogP) is 3.15. The molecule has 1 unspecified atom stereocenters. The minimum absolute atomic E-state index is 0.212. The minimum atomic E-state index is 0.212. The van der Waals surface area contributed by atoms with E-state index in [9.17, 15) is 0 Å². The number of para-hydroxylation sites is 1. The highest BCUT2D eigenvalue weighted by molar-refractivity contribution is 6.33. The number of halogens is 1. The third-order valence-electron chi connectivity index (χ3n) is 4.31. The van der Waals surface area contributed by atoms with E-state index in [1.165, 1.54) is 24.2 Å². The van der Waals surface area contributed by atoms with E-state index in [-0.39, 0.29) is 6.04 Å². The maximum absolute atomic E-state index is 6.49. The topological polar surface area (TPSA) is 32.5 Å². The fourth-order valence-corrected chi connectivity index (χ4v) is 3.33. The Balaban J connectivity index is 2.12. The van der Waals surface area contributed by atoms with E-state index in [4.69, 9.17) is 17.3 Å². The maximum atomic E-state index is 6.49. The van der Waals surface area contributed by atoms with E-state index in [1.807, 2.05) is 12.1 Å². The first-order chi connectivity index (χ1) is 10.2. The number of piperazine rings is 1. The number of nitrogens with two attached hydrogens (primary N) is 1. The first-order valence-electron chi connectivity index (χ1n) is 8.16. The van der Waals surface area contributed by atoms with E-state index in [0.717, 1.165) is 44.0 Å². The van der Waals surface area contributed by atoms with Crippen molar-refractivity contribution in [1.29, 1.82) is 0 Å². The lowest BCUT2D eigenvalue weighted by Crippen LogP contribution is -2.47. The lowest BCUT2D eigenvalue weighted by atomic mass is 10.0. The van der Waals surface area contributed by atoms with Gasteiger partial charge in [0.1, 0.15) is 0 Å². The largest absolute Gasteiger partial charge is 0.368 e. The van der Waals surface area contributed by atoms with Gasteiger partial charge in [0.25, 0.3) is 0 Å². The number of hydrogen-bond acceptors (Lipinski definition) is 3. The Kier molecular flexibility index (Phi) is 6.34. The van der Waals surface area contributed by atoms with Gasteiger partial charge < -0.3 is 10.6 Å². The van der Waals surface area contributed by atoms with Crippen molar-refractivity contribution in [3.63, 3.8) is 0 Å². The van der Waals surface area contributed by atoms with Gasteiger partial charge in [-0.25, -0.2) is 0 Å². The van der Waals surface area contributed by atoms with Crippen LogP contribution in [-0.4, -0.2) is 43.7 Å². The number of rotatable bonds is 6. The van der Waals surface area contributed by atoms with Crippen LogP contribution in [0.5, 0.6) is 0 Å². The summed E-state index contributed by atoms with van der Waals surface area (Å²) in [6, 6.07) is 6.42. The van der Waals surface area contributed by atoms with E-state index in [0.29, 0.717) is 0 Å². The van der Waals surface area contributed by atoms with E-state index < -0.39 is 0 Å². The molecule has 1 heterocycles. The standard InChI is InChI=1S/C17H28ClN3/c1-3-8-20-9-11-21(12-10-20)17-14(13-15(19)4-2)6-5-7-16(17)18/h5-7,15H,3-4,8-13,19H2,1-2H3. The molecule has 118 valence electrons. The Morgan fingerprint density at radius 2 is 1.90 bits per heavy atom. The van der Waals surface area contributed by atoms with Crippen molar-refractivity contribution in [2.45, 2.75) is 39.2 Å². The number of benzene rings is 1. The zero-order valence-corrected chi connectivity index (χ0v) is 14.1. The molecule has 21 heavy (non-hydrogen) atoms. The molecular formula is C17H28ClN3. The van der Waals surface area contributed by atoms with Crippen LogP contribution < -0.4 is 10.6 Å². The molecule has 0 saturated carbocycles. The molecule has 0 radical (unpaired) electrons. The van der Waals surface area contributed by atoms with Crippen LogP contribution in [0.15, 0.2) is 18.2 Å². The van der Waals surface area contributed by atoms with Crippen LogP contribution >= 0.6 is 11.6 Å². The average Bonchev–Trinajstić information content (AvgIpc) is 2.49. The highest BCUT2D eigenvalue weighted by Gasteiger charge is 2.21. The maximum Gasteiger partial charge on any atom is 0.0642 e. The second-order valence-corrected chi connectivity index (χ2v) is 6.36. The summed E-state index contributed by atoms with van der Waals surface area (Å²) in [6.45, 7) is 9.93. The summed E-state index contributed by atoms with van der Waals surface area (Å²) in [6.07, 6.45) is 3.13. The highest BCUT2D eigenvalue weighted by Crippen LogP contribution is 2.31. The van der Waals surface area contributed by atoms with Crippen LogP contribution in [-0.2, 0) is 6.42 Å². The first kappa shape index (κ1) is 16.6. The zero-order chi connectivity index (χ0) is 15.2. The van der Waals surface area contributed by atoms with Gasteiger partial charge in [-0.15, -0.1) is 0 Å². The van der Waals surface area contributed by atoms with Gasteiger partial charge in [-0.3, -0.25) is 4.90 Å². The van der Waals surface area contributed by atoms with Crippen LogP contribution in [0.1, 0.15) is 32.3 Å². The van der Waals surface area contributed by atoms with E-state index in [1.54, 1.807) is 0 Å². The minimum Gasteiger partial charge on any atom is -0.368 e. The first-order valence-corrected chi connectivity index (χ1v) is 8.53. The normalized spacial score (nSPS) is 18.0. The molecule has 0 spiro atoms. The van der Waals surface area contributed by atoms with Crippen LogP contribution in [0.2, 0.25) is 5.02 Å². The molecule has 1 fully saturated rings. The molecule has 0 bridgehead atoms. The Hall–Kier alpha value is -0.770. The molecule has 2 N–H and O–H groups in total. The van der Waals surface area contributed by atoms with Crippen LogP contribution in [0, 0.1) is 0 Å². The molecule has 1 aliphatic heterocycles. The number of nitrogens with zero attached hydrogens (tertiary/aromatic N) is 2. The molecule has 0 aromatic heterocycles. The summed E-state index contributed by atoms with van der Waals surface area (Å²) in [4.78, 5) is 4.97. The van der Waals surface area contributed by atoms with Gasteiger partial charge in [-0.05, 0) is 37.4 Å². The van der Waals surface area contributed by atoms with Gasteiger partial charge in [-0.1, -0.05) is 37.6 Å². The summed E-state index contributed by atoms with van der Waals surface area (Å²) in [5, 5.41) is 0.861. The third-order valence-corrected chi connectivity index (χ3v) is 4.61. The highest BCUT2D eigenvalue weighted by atomic mass is 35.5. The monoisotopic (exact) mass is 309 g/mol. The molecule has 4 heteroatoms. The molecule has 1 atom stereocenters. The van der Waals surface area contributed by atoms with Crippen molar-refractivity contribution in [1.82, 2.24) is 4.90 Å². The molecule has 0 amide bonds. The number of hydrogen-bond donors (Lipinski definition) is 1. The molecule has 1 saturated heterocycles. The molecular weight excluding hydrogens is 282 g/mol. The molecule has 1 aliphatic rings. The summed E-state index contributed by atoms with van der Waals surface area (Å²) >= 11 is 6.49. The summed E-state index contributed by atoms with van der Waals surface area (Å²) in [5.41, 5.74) is 8.65. The van der Waals surface area contributed by atoms with Gasteiger partial charge in [0.05, 0.1) is 10.7 Å². The SMILES string of the molecule is CCCN1CCN(c2c(Cl)cccc2CC(N)CC)CC1. The Bertz CT molecular complexity index is 442. The molecule has 1 aromatic rings. The fraction of sp³-hybridized carbons (Fsp3) is 0.647. The van der Waals surface area contributed by atoms with Gasteiger partial charge in [-0.2, -0.15) is 0 Å². The van der Waals surface area contributed by atoms with Gasteiger partial charge in [0.2, 0.25) is 0 Å². The Morgan fingerprint density at radius 3 is 2.52 bits per heavy atom. The van der Waals surface area contributed by atoms with Crippen molar-refractivity contribution in [2.75, 3.05) is 37.6 Å². The van der Waals surface area contributed by atoms with Crippen LogP contribution in [0.4, 0.5) is 5.69 Å². The summed E-state index contributed by atoms with van der Waals surface area (Å²) in [5.74, 6) is 0. The lowest BCUT2D eigenvalue weighted by Gasteiger charge is -2.37.